The summed E-state index contributed by atoms with van der Waals surface area (Å²) in [5.74, 6) is 0.0404. The van der Waals surface area contributed by atoms with Gasteiger partial charge in [0.25, 0.3) is 0 Å². The van der Waals surface area contributed by atoms with Crippen molar-refractivity contribution < 1.29 is 4.79 Å². The topological polar surface area (TPSA) is 42.0 Å². The Hall–Kier alpha value is -1.59. The molecule has 0 radical (unpaired) electrons. The van der Waals surface area contributed by atoms with E-state index in [-0.39, 0.29) is 5.91 Å². The molecule has 3 nitrogen and oxygen atoms in total. The lowest BCUT2D eigenvalue weighted by Crippen LogP contribution is -2.22. The molecule has 0 saturated carbocycles. The maximum absolute atomic E-state index is 11.6. The van der Waals surface area contributed by atoms with Crippen molar-refractivity contribution in [1.82, 2.24) is 10.3 Å². The first kappa shape index (κ1) is 16.8. The monoisotopic (exact) mass is 332 g/mol. The van der Waals surface area contributed by atoms with Crippen molar-refractivity contribution in [1.29, 1.82) is 0 Å². The Morgan fingerprint density at radius 3 is 2.77 bits per heavy atom. The Labute approximate surface area is 139 Å². The van der Waals surface area contributed by atoms with Crippen LogP contribution < -0.4 is 5.32 Å². The summed E-state index contributed by atoms with van der Waals surface area (Å²) in [4.78, 5) is 18.6. The lowest BCUT2D eigenvalue weighted by Gasteiger charge is -2.01. The third-order valence-electron chi connectivity index (χ3n) is 3.21. The van der Waals surface area contributed by atoms with Gasteiger partial charge >= 0.3 is 0 Å². The number of thiazole rings is 1. The van der Waals surface area contributed by atoms with Gasteiger partial charge in [0.2, 0.25) is 5.91 Å². The van der Waals surface area contributed by atoms with Crippen molar-refractivity contribution in [2.24, 2.45) is 0 Å². The summed E-state index contributed by atoms with van der Waals surface area (Å²) in [6.07, 6.45) is 5.01. The van der Waals surface area contributed by atoms with E-state index in [9.17, 15) is 4.79 Å². The first-order valence-corrected chi connectivity index (χ1v) is 9.16. The molecule has 1 heterocycles. The van der Waals surface area contributed by atoms with Gasteiger partial charge in [0.1, 0.15) is 5.01 Å². The number of nitrogens with one attached hydrogen (secondary N) is 1. The minimum absolute atomic E-state index is 0.0404. The van der Waals surface area contributed by atoms with E-state index in [0.717, 1.165) is 10.7 Å². The molecule has 0 atom stereocenters. The lowest BCUT2D eigenvalue weighted by atomic mass is 10.2. The zero-order valence-corrected chi connectivity index (χ0v) is 14.5. The van der Waals surface area contributed by atoms with Crippen molar-refractivity contribution in [3.63, 3.8) is 0 Å². The molecule has 0 spiro atoms. The zero-order chi connectivity index (χ0) is 15.9. The van der Waals surface area contributed by atoms with Crippen LogP contribution in [0.15, 0.2) is 41.8 Å². The van der Waals surface area contributed by atoms with Crippen LogP contribution in [0.5, 0.6) is 0 Å². The predicted molar refractivity (Wildman–Crippen MR) is 95.3 cm³/mol. The number of carbonyl (C=O) groups is 1. The molecule has 1 N–H and O–H groups in total. The second kappa shape index (κ2) is 8.15. The SMILES string of the molecule is C=CCCC(=O)NCc1nc(C)c(-c2ccc(SC)cc2)s1. The Balaban J connectivity index is 2.04. The molecule has 0 aliphatic carbocycles. The summed E-state index contributed by atoms with van der Waals surface area (Å²) in [5, 5.41) is 3.84. The van der Waals surface area contributed by atoms with Crippen LogP contribution in [0.4, 0.5) is 0 Å². The van der Waals surface area contributed by atoms with Crippen LogP contribution in [0.1, 0.15) is 23.5 Å². The second-order valence-corrected chi connectivity index (χ2v) is 6.82. The number of carbonyl (C=O) groups excluding carboxylic acids is 1. The molecule has 0 unspecified atom stereocenters. The number of hydrogen-bond acceptors (Lipinski definition) is 4. The molecule has 0 fully saturated rings. The van der Waals surface area contributed by atoms with Gasteiger partial charge in [0.15, 0.2) is 0 Å². The first-order chi connectivity index (χ1) is 10.6. The molecule has 22 heavy (non-hydrogen) atoms. The van der Waals surface area contributed by atoms with Crippen molar-refractivity contribution in [2.75, 3.05) is 6.26 Å². The number of aromatic nitrogens is 1. The van der Waals surface area contributed by atoms with Crippen molar-refractivity contribution >= 4 is 29.0 Å². The third kappa shape index (κ3) is 4.45. The van der Waals surface area contributed by atoms with Gasteiger partial charge in [-0.1, -0.05) is 18.2 Å². The molecule has 0 aliphatic rings. The summed E-state index contributed by atoms with van der Waals surface area (Å²) in [6.45, 7) is 6.12. The Morgan fingerprint density at radius 1 is 1.41 bits per heavy atom. The molecular weight excluding hydrogens is 312 g/mol. The van der Waals surface area contributed by atoms with Gasteiger partial charge in [-0.05, 0) is 37.3 Å². The molecule has 1 aromatic carbocycles. The number of amides is 1. The van der Waals surface area contributed by atoms with Gasteiger partial charge in [-0.15, -0.1) is 29.7 Å². The summed E-state index contributed by atoms with van der Waals surface area (Å²) >= 11 is 3.37. The van der Waals surface area contributed by atoms with Crippen LogP contribution in [-0.2, 0) is 11.3 Å². The molecule has 116 valence electrons. The van der Waals surface area contributed by atoms with Gasteiger partial charge in [-0.3, -0.25) is 4.79 Å². The average Bonchev–Trinajstić information content (AvgIpc) is 2.92. The number of benzene rings is 1. The fourth-order valence-corrected chi connectivity index (χ4v) is 3.45. The molecule has 0 aliphatic heterocycles. The summed E-state index contributed by atoms with van der Waals surface area (Å²) in [6, 6.07) is 8.49. The van der Waals surface area contributed by atoms with E-state index in [4.69, 9.17) is 0 Å². The molecule has 1 amide bonds. The van der Waals surface area contributed by atoms with Gasteiger partial charge < -0.3 is 5.32 Å². The molecular formula is C17H20N2OS2. The van der Waals surface area contributed by atoms with Gasteiger partial charge in [-0.2, -0.15) is 0 Å². The number of allylic oxidation sites excluding steroid dienone is 1. The average molecular weight is 332 g/mol. The summed E-state index contributed by atoms with van der Waals surface area (Å²) in [5.41, 5.74) is 2.19. The number of hydrogen-bond donors (Lipinski definition) is 1. The highest BCUT2D eigenvalue weighted by Crippen LogP contribution is 2.31. The molecule has 0 saturated heterocycles. The number of thioether (sulfide) groups is 1. The maximum atomic E-state index is 11.6. The van der Waals surface area contributed by atoms with E-state index in [1.165, 1.54) is 15.3 Å². The minimum atomic E-state index is 0.0404. The van der Waals surface area contributed by atoms with Crippen molar-refractivity contribution in [2.45, 2.75) is 31.2 Å². The van der Waals surface area contributed by atoms with Gasteiger partial charge in [0, 0.05) is 11.3 Å². The highest BCUT2D eigenvalue weighted by atomic mass is 32.2. The van der Waals surface area contributed by atoms with E-state index in [0.29, 0.717) is 19.4 Å². The van der Waals surface area contributed by atoms with E-state index < -0.39 is 0 Å². The molecule has 2 aromatic rings. The number of aryl methyl sites for hydroxylation is 1. The first-order valence-electron chi connectivity index (χ1n) is 7.12. The summed E-state index contributed by atoms with van der Waals surface area (Å²) in [7, 11) is 0. The Bertz CT molecular complexity index is 647. The van der Waals surface area contributed by atoms with Crippen LogP contribution in [0, 0.1) is 6.92 Å². The van der Waals surface area contributed by atoms with Crippen LogP contribution >= 0.6 is 23.1 Å². The van der Waals surface area contributed by atoms with E-state index >= 15 is 0 Å². The molecule has 5 heteroatoms. The zero-order valence-electron chi connectivity index (χ0n) is 12.9. The summed E-state index contributed by atoms with van der Waals surface area (Å²) < 4.78 is 0. The van der Waals surface area contributed by atoms with Crippen LogP contribution in [0.25, 0.3) is 10.4 Å². The molecule has 2 rings (SSSR count). The molecule has 1 aromatic heterocycles. The number of rotatable bonds is 7. The number of nitrogens with zero attached hydrogens (tertiary/aromatic N) is 1. The standard InChI is InChI=1S/C17H20N2OS2/c1-4-5-6-15(20)18-11-16-19-12(2)17(22-16)13-7-9-14(21-3)10-8-13/h4,7-10H,1,5-6,11H2,2-3H3,(H,18,20). The van der Waals surface area contributed by atoms with E-state index in [1.807, 2.05) is 6.92 Å². The molecule has 0 bridgehead atoms. The Kier molecular flexibility index (Phi) is 6.21. The second-order valence-electron chi connectivity index (χ2n) is 4.85. The van der Waals surface area contributed by atoms with Crippen LogP contribution in [0.2, 0.25) is 0 Å². The van der Waals surface area contributed by atoms with Crippen molar-refractivity contribution in [3.05, 3.63) is 47.6 Å². The fraction of sp³-hybridized carbons (Fsp3) is 0.294. The van der Waals surface area contributed by atoms with Crippen molar-refractivity contribution in [3.8, 4) is 10.4 Å². The minimum Gasteiger partial charge on any atom is -0.350 e. The van der Waals surface area contributed by atoms with E-state index in [2.05, 4.69) is 47.4 Å². The van der Waals surface area contributed by atoms with Crippen LogP contribution in [0.3, 0.4) is 0 Å². The maximum Gasteiger partial charge on any atom is 0.220 e. The third-order valence-corrected chi connectivity index (χ3v) is 5.16. The largest absolute Gasteiger partial charge is 0.350 e. The highest BCUT2D eigenvalue weighted by molar-refractivity contribution is 7.98. The predicted octanol–water partition coefficient (Wildman–Crippen LogP) is 4.42. The highest BCUT2D eigenvalue weighted by Gasteiger charge is 2.10. The smallest absolute Gasteiger partial charge is 0.220 e. The Morgan fingerprint density at radius 2 is 2.14 bits per heavy atom. The van der Waals surface area contributed by atoms with Crippen LogP contribution in [-0.4, -0.2) is 17.1 Å². The normalized spacial score (nSPS) is 10.5. The van der Waals surface area contributed by atoms with Gasteiger partial charge in [0.05, 0.1) is 17.1 Å². The van der Waals surface area contributed by atoms with E-state index in [1.54, 1.807) is 29.2 Å². The fourth-order valence-electron chi connectivity index (χ4n) is 2.03. The van der Waals surface area contributed by atoms with Gasteiger partial charge in [-0.25, -0.2) is 4.98 Å². The quantitative estimate of drug-likeness (QED) is 0.603. The lowest BCUT2D eigenvalue weighted by molar-refractivity contribution is -0.121.